The van der Waals surface area contributed by atoms with Gasteiger partial charge < -0.3 is 15.2 Å². The van der Waals surface area contributed by atoms with Gasteiger partial charge in [0, 0.05) is 13.0 Å². The van der Waals surface area contributed by atoms with E-state index in [1.54, 1.807) is 0 Å². The second-order valence-electron chi connectivity index (χ2n) is 4.30. The zero-order chi connectivity index (χ0) is 14.8. The Kier molecular flexibility index (Phi) is 7.10. The van der Waals surface area contributed by atoms with Crippen LogP contribution in [0.25, 0.3) is 0 Å². The lowest BCUT2D eigenvalue weighted by Gasteiger charge is -2.07. The van der Waals surface area contributed by atoms with Crippen LogP contribution in [0.5, 0.6) is 5.75 Å². The Morgan fingerprint density at radius 2 is 1.85 bits per heavy atom. The van der Waals surface area contributed by atoms with Gasteiger partial charge in [-0.05, 0) is 37.1 Å². The van der Waals surface area contributed by atoms with Crippen LogP contribution in [0.4, 0.5) is 4.39 Å². The van der Waals surface area contributed by atoms with Crippen molar-refractivity contribution in [2.75, 3.05) is 13.2 Å². The van der Waals surface area contributed by atoms with Gasteiger partial charge in [-0.15, -0.1) is 0 Å². The van der Waals surface area contributed by atoms with Crippen LogP contribution < -0.4 is 10.1 Å². The van der Waals surface area contributed by atoms with E-state index in [9.17, 15) is 14.0 Å². The van der Waals surface area contributed by atoms with Crippen molar-refractivity contribution >= 4 is 11.9 Å². The van der Waals surface area contributed by atoms with Gasteiger partial charge in [0.1, 0.15) is 11.6 Å². The molecule has 0 spiro atoms. The number of nitrogens with one attached hydrogen (secondary N) is 1. The number of hydrogen-bond donors (Lipinski definition) is 2. The number of ether oxygens (including phenoxy) is 1. The van der Waals surface area contributed by atoms with Crippen molar-refractivity contribution in [3.8, 4) is 5.75 Å². The van der Waals surface area contributed by atoms with Crippen LogP contribution in [0.15, 0.2) is 24.3 Å². The summed E-state index contributed by atoms with van der Waals surface area (Å²) in [5, 5.41) is 11.1. The number of unbranched alkanes of at least 4 members (excludes halogenated alkanes) is 2. The quantitative estimate of drug-likeness (QED) is 0.679. The molecule has 0 aliphatic carbocycles. The summed E-state index contributed by atoms with van der Waals surface area (Å²) in [6.45, 7) is 0.367. The van der Waals surface area contributed by atoms with Crippen molar-refractivity contribution in [1.82, 2.24) is 5.32 Å². The lowest BCUT2D eigenvalue weighted by Crippen LogP contribution is -2.29. The van der Waals surface area contributed by atoms with Crippen LogP contribution in [-0.2, 0) is 9.59 Å². The van der Waals surface area contributed by atoms with Crippen molar-refractivity contribution < 1.29 is 23.8 Å². The average molecular weight is 283 g/mol. The number of carboxylic acid groups (broad SMARTS) is 1. The van der Waals surface area contributed by atoms with E-state index < -0.39 is 5.97 Å². The van der Waals surface area contributed by atoms with E-state index in [1.807, 2.05) is 0 Å². The minimum absolute atomic E-state index is 0.124. The van der Waals surface area contributed by atoms with Gasteiger partial charge in [0.15, 0.2) is 6.61 Å². The standard InChI is InChI=1S/C14H18FNO4/c15-11-5-7-12(8-6-11)20-10-13(17)16-9-3-1-2-4-14(18)19/h5-8H,1-4,9-10H2,(H,16,17)(H,18,19). The van der Waals surface area contributed by atoms with E-state index in [0.717, 1.165) is 12.8 Å². The molecule has 1 rings (SSSR count). The molecule has 1 aromatic rings. The number of benzene rings is 1. The molecule has 0 bridgehead atoms. The normalized spacial score (nSPS) is 10.1. The Labute approximate surface area is 116 Å². The first-order valence-corrected chi connectivity index (χ1v) is 6.45. The zero-order valence-corrected chi connectivity index (χ0v) is 11.1. The van der Waals surface area contributed by atoms with Gasteiger partial charge in [-0.3, -0.25) is 9.59 Å². The Morgan fingerprint density at radius 3 is 2.50 bits per heavy atom. The van der Waals surface area contributed by atoms with E-state index in [4.69, 9.17) is 9.84 Å². The SMILES string of the molecule is O=C(O)CCCCCNC(=O)COc1ccc(F)cc1. The fraction of sp³-hybridized carbons (Fsp3) is 0.429. The Morgan fingerprint density at radius 1 is 1.15 bits per heavy atom. The molecule has 0 aliphatic heterocycles. The summed E-state index contributed by atoms with van der Waals surface area (Å²) >= 11 is 0. The molecule has 0 heterocycles. The van der Waals surface area contributed by atoms with Crippen molar-refractivity contribution in [1.29, 1.82) is 0 Å². The van der Waals surface area contributed by atoms with Gasteiger partial charge >= 0.3 is 5.97 Å². The molecule has 1 aromatic carbocycles. The molecule has 5 nitrogen and oxygen atoms in total. The van der Waals surface area contributed by atoms with Crippen LogP contribution in [0.1, 0.15) is 25.7 Å². The molecule has 1 amide bonds. The lowest BCUT2D eigenvalue weighted by atomic mass is 10.2. The van der Waals surface area contributed by atoms with E-state index in [1.165, 1.54) is 24.3 Å². The first-order chi connectivity index (χ1) is 9.58. The van der Waals surface area contributed by atoms with Crippen molar-refractivity contribution in [2.24, 2.45) is 0 Å². The number of amides is 1. The second kappa shape index (κ2) is 8.90. The Bertz CT molecular complexity index is 433. The van der Waals surface area contributed by atoms with E-state index in [0.29, 0.717) is 18.7 Å². The number of hydrogen-bond acceptors (Lipinski definition) is 3. The molecule has 0 aliphatic rings. The molecule has 20 heavy (non-hydrogen) atoms. The first-order valence-electron chi connectivity index (χ1n) is 6.45. The van der Waals surface area contributed by atoms with Gasteiger partial charge in [-0.2, -0.15) is 0 Å². The molecular weight excluding hydrogens is 265 g/mol. The van der Waals surface area contributed by atoms with Crippen molar-refractivity contribution in [2.45, 2.75) is 25.7 Å². The third-order valence-electron chi connectivity index (χ3n) is 2.57. The highest BCUT2D eigenvalue weighted by molar-refractivity contribution is 5.77. The Balaban J connectivity index is 2.06. The van der Waals surface area contributed by atoms with Gasteiger partial charge in [0.05, 0.1) is 0 Å². The first kappa shape index (κ1) is 15.9. The number of rotatable bonds is 9. The summed E-state index contributed by atoms with van der Waals surface area (Å²) in [7, 11) is 0. The molecule has 0 unspecified atom stereocenters. The topological polar surface area (TPSA) is 75.6 Å². The highest BCUT2D eigenvalue weighted by Crippen LogP contribution is 2.10. The predicted molar refractivity (Wildman–Crippen MR) is 71.0 cm³/mol. The molecule has 0 saturated heterocycles. The predicted octanol–water partition coefficient (Wildman–Crippen LogP) is 1.97. The number of carbonyl (C=O) groups excluding carboxylic acids is 1. The van der Waals surface area contributed by atoms with E-state index >= 15 is 0 Å². The van der Waals surface area contributed by atoms with Crippen LogP contribution in [0, 0.1) is 5.82 Å². The van der Waals surface area contributed by atoms with Crippen molar-refractivity contribution in [3.63, 3.8) is 0 Å². The number of aliphatic carboxylic acids is 1. The van der Waals surface area contributed by atoms with Crippen LogP contribution in [0.3, 0.4) is 0 Å². The van der Waals surface area contributed by atoms with Crippen molar-refractivity contribution in [3.05, 3.63) is 30.1 Å². The van der Waals surface area contributed by atoms with Crippen LogP contribution in [-0.4, -0.2) is 30.1 Å². The third-order valence-corrected chi connectivity index (χ3v) is 2.57. The van der Waals surface area contributed by atoms with E-state index in [-0.39, 0.29) is 24.8 Å². The highest BCUT2D eigenvalue weighted by Gasteiger charge is 2.02. The molecule has 0 fully saturated rings. The molecule has 6 heteroatoms. The summed E-state index contributed by atoms with van der Waals surface area (Å²) < 4.78 is 17.8. The van der Waals surface area contributed by atoms with Crippen LogP contribution >= 0.6 is 0 Å². The highest BCUT2D eigenvalue weighted by atomic mass is 19.1. The average Bonchev–Trinajstić information content (AvgIpc) is 2.41. The number of halogens is 1. The van der Waals surface area contributed by atoms with Gasteiger partial charge in [0.2, 0.25) is 0 Å². The molecule has 2 N–H and O–H groups in total. The molecule has 0 aromatic heterocycles. The van der Waals surface area contributed by atoms with Crippen LogP contribution in [0.2, 0.25) is 0 Å². The Hall–Kier alpha value is -2.11. The molecule has 110 valence electrons. The van der Waals surface area contributed by atoms with Gasteiger partial charge in [-0.25, -0.2) is 4.39 Å². The lowest BCUT2D eigenvalue weighted by molar-refractivity contribution is -0.137. The summed E-state index contributed by atoms with van der Waals surface area (Å²) in [6.07, 6.45) is 2.25. The summed E-state index contributed by atoms with van der Waals surface area (Å²) in [6, 6.07) is 5.43. The molecule has 0 atom stereocenters. The zero-order valence-electron chi connectivity index (χ0n) is 11.1. The molecule has 0 saturated carbocycles. The minimum atomic E-state index is -0.804. The fourth-order valence-electron chi connectivity index (χ4n) is 1.54. The maximum absolute atomic E-state index is 12.6. The maximum atomic E-state index is 12.6. The second-order valence-corrected chi connectivity index (χ2v) is 4.30. The fourth-order valence-corrected chi connectivity index (χ4v) is 1.54. The summed E-state index contributed by atoms with van der Waals surface area (Å²) in [4.78, 5) is 21.7. The largest absolute Gasteiger partial charge is 0.484 e. The summed E-state index contributed by atoms with van der Waals surface area (Å²) in [5.41, 5.74) is 0. The number of carbonyl (C=O) groups is 2. The van der Waals surface area contributed by atoms with Gasteiger partial charge in [-0.1, -0.05) is 6.42 Å². The maximum Gasteiger partial charge on any atom is 0.303 e. The molecular formula is C14H18FNO4. The van der Waals surface area contributed by atoms with Gasteiger partial charge in [0.25, 0.3) is 5.91 Å². The molecule has 0 radical (unpaired) electrons. The van der Waals surface area contributed by atoms with E-state index in [2.05, 4.69) is 5.32 Å². The minimum Gasteiger partial charge on any atom is -0.484 e. The summed E-state index contributed by atoms with van der Waals surface area (Å²) in [5.74, 6) is -0.986. The third kappa shape index (κ3) is 7.35. The number of carboxylic acids is 1. The smallest absolute Gasteiger partial charge is 0.303 e. The monoisotopic (exact) mass is 283 g/mol.